The van der Waals surface area contributed by atoms with Crippen LogP contribution in [0.25, 0.3) is 0 Å². The fraction of sp³-hybridized carbons (Fsp3) is 1.00. The summed E-state index contributed by atoms with van der Waals surface area (Å²) < 4.78 is 0. The van der Waals surface area contributed by atoms with E-state index < -0.39 is 0 Å². The van der Waals surface area contributed by atoms with Crippen LogP contribution in [0, 0.1) is 11.3 Å². The molecule has 9 heavy (non-hydrogen) atoms. The molecule has 0 saturated heterocycles. The highest BCUT2D eigenvalue weighted by Gasteiger charge is 2.36. The zero-order valence-corrected chi connectivity index (χ0v) is 6.52. The molecule has 1 rings (SSSR count). The van der Waals surface area contributed by atoms with Crippen LogP contribution in [0.5, 0.6) is 0 Å². The molecule has 0 radical (unpaired) electrons. The standard InChI is InChI=1S/C8H16O/c1-6-4-7(9)5-8(6,2)3/h6-7,9H,4-5H2,1-3H3. The van der Waals surface area contributed by atoms with E-state index in [0.29, 0.717) is 11.3 Å². The van der Waals surface area contributed by atoms with Gasteiger partial charge in [-0.3, -0.25) is 0 Å². The number of aliphatic hydroxyl groups excluding tert-OH is 1. The molecule has 0 aromatic rings. The lowest BCUT2D eigenvalue weighted by Gasteiger charge is -2.22. The predicted octanol–water partition coefficient (Wildman–Crippen LogP) is 1.80. The van der Waals surface area contributed by atoms with E-state index in [2.05, 4.69) is 20.8 Å². The van der Waals surface area contributed by atoms with Crippen LogP contribution in [0.4, 0.5) is 0 Å². The van der Waals surface area contributed by atoms with Gasteiger partial charge in [-0.2, -0.15) is 0 Å². The Bertz CT molecular complexity index is 107. The van der Waals surface area contributed by atoms with E-state index in [1.165, 1.54) is 0 Å². The molecule has 0 bridgehead atoms. The summed E-state index contributed by atoms with van der Waals surface area (Å²) in [4.78, 5) is 0. The average molecular weight is 128 g/mol. The van der Waals surface area contributed by atoms with Gasteiger partial charge in [0.15, 0.2) is 0 Å². The Balaban J connectivity index is 2.58. The zero-order chi connectivity index (χ0) is 7.07. The van der Waals surface area contributed by atoms with Gasteiger partial charge in [0.05, 0.1) is 6.10 Å². The van der Waals surface area contributed by atoms with E-state index in [0.717, 1.165) is 12.8 Å². The molecule has 0 aromatic carbocycles. The molecule has 1 aliphatic carbocycles. The van der Waals surface area contributed by atoms with Crippen LogP contribution in [0.15, 0.2) is 0 Å². The molecular weight excluding hydrogens is 112 g/mol. The monoisotopic (exact) mass is 128 g/mol. The maximum absolute atomic E-state index is 9.24. The van der Waals surface area contributed by atoms with E-state index in [1.807, 2.05) is 0 Å². The average Bonchev–Trinajstić information content (AvgIpc) is 1.79. The van der Waals surface area contributed by atoms with E-state index in [9.17, 15) is 5.11 Å². The van der Waals surface area contributed by atoms with Crippen molar-refractivity contribution in [1.82, 2.24) is 0 Å². The van der Waals surface area contributed by atoms with Gasteiger partial charge in [-0.15, -0.1) is 0 Å². The molecule has 2 atom stereocenters. The highest BCUT2D eigenvalue weighted by Crippen LogP contribution is 2.41. The number of hydrogen-bond acceptors (Lipinski definition) is 1. The summed E-state index contributed by atoms with van der Waals surface area (Å²) in [6, 6.07) is 0. The van der Waals surface area contributed by atoms with Crippen molar-refractivity contribution in [3.8, 4) is 0 Å². The Kier molecular flexibility index (Phi) is 1.55. The second kappa shape index (κ2) is 1.98. The van der Waals surface area contributed by atoms with Crippen LogP contribution in [0.3, 0.4) is 0 Å². The van der Waals surface area contributed by atoms with E-state index in [-0.39, 0.29) is 6.10 Å². The second-order valence-electron chi connectivity index (χ2n) is 3.98. The first-order valence-electron chi connectivity index (χ1n) is 3.70. The van der Waals surface area contributed by atoms with Gasteiger partial charge in [0.25, 0.3) is 0 Å². The summed E-state index contributed by atoms with van der Waals surface area (Å²) in [7, 11) is 0. The zero-order valence-electron chi connectivity index (χ0n) is 6.52. The van der Waals surface area contributed by atoms with E-state index >= 15 is 0 Å². The quantitative estimate of drug-likeness (QED) is 0.527. The molecule has 0 aromatic heterocycles. The van der Waals surface area contributed by atoms with E-state index in [1.54, 1.807) is 0 Å². The summed E-state index contributed by atoms with van der Waals surface area (Å²) in [5, 5.41) is 9.24. The Morgan fingerprint density at radius 3 is 2.11 bits per heavy atom. The van der Waals surface area contributed by atoms with Gasteiger partial charge in [0, 0.05) is 0 Å². The molecule has 1 fully saturated rings. The van der Waals surface area contributed by atoms with Gasteiger partial charge >= 0.3 is 0 Å². The fourth-order valence-electron chi connectivity index (χ4n) is 1.62. The van der Waals surface area contributed by atoms with Crippen LogP contribution in [0.2, 0.25) is 0 Å². The minimum atomic E-state index is -0.0324. The lowest BCUT2D eigenvalue weighted by atomic mass is 9.83. The SMILES string of the molecule is CC1CC(O)CC1(C)C. The summed E-state index contributed by atoms with van der Waals surface area (Å²) in [5.41, 5.74) is 0.374. The second-order valence-corrected chi connectivity index (χ2v) is 3.98. The fourth-order valence-corrected chi connectivity index (χ4v) is 1.62. The molecule has 1 saturated carbocycles. The molecule has 0 heterocycles. The van der Waals surface area contributed by atoms with Crippen LogP contribution >= 0.6 is 0 Å². The summed E-state index contributed by atoms with van der Waals surface area (Å²) in [6.45, 7) is 6.68. The predicted molar refractivity (Wildman–Crippen MR) is 38.2 cm³/mol. The first-order valence-corrected chi connectivity index (χ1v) is 3.70. The minimum absolute atomic E-state index is 0.0324. The smallest absolute Gasteiger partial charge is 0.0548 e. The molecular formula is C8H16O. The first-order chi connectivity index (χ1) is 4.02. The Labute approximate surface area is 57.1 Å². The number of hydrogen-bond donors (Lipinski definition) is 1. The van der Waals surface area contributed by atoms with Crippen molar-refractivity contribution in [1.29, 1.82) is 0 Å². The molecule has 1 aliphatic rings. The van der Waals surface area contributed by atoms with Crippen molar-refractivity contribution < 1.29 is 5.11 Å². The third-order valence-electron chi connectivity index (χ3n) is 2.72. The Morgan fingerprint density at radius 1 is 1.44 bits per heavy atom. The summed E-state index contributed by atoms with van der Waals surface area (Å²) in [6.07, 6.45) is 1.94. The lowest BCUT2D eigenvalue weighted by molar-refractivity contribution is 0.168. The summed E-state index contributed by atoms with van der Waals surface area (Å²) in [5.74, 6) is 0.687. The van der Waals surface area contributed by atoms with Crippen molar-refractivity contribution in [2.75, 3.05) is 0 Å². The maximum Gasteiger partial charge on any atom is 0.0548 e. The number of aliphatic hydroxyl groups is 1. The topological polar surface area (TPSA) is 20.2 Å². The van der Waals surface area contributed by atoms with E-state index in [4.69, 9.17) is 0 Å². The molecule has 1 heteroatoms. The Hall–Kier alpha value is -0.0400. The van der Waals surface area contributed by atoms with Crippen molar-refractivity contribution in [2.24, 2.45) is 11.3 Å². The van der Waals surface area contributed by atoms with Crippen LogP contribution < -0.4 is 0 Å². The van der Waals surface area contributed by atoms with Gasteiger partial charge in [-0.25, -0.2) is 0 Å². The molecule has 0 amide bonds. The summed E-state index contributed by atoms with van der Waals surface area (Å²) >= 11 is 0. The lowest BCUT2D eigenvalue weighted by Crippen LogP contribution is -2.13. The molecule has 1 N–H and O–H groups in total. The highest BCUT2D eigenvalue weighted by atomic mass is 16.3. The third-order valence-corrected chi connectivity index (χ3v) is 2.72. The normalized spacial score (nSPS) is 41.3. The maximum atomic E-state index is 9.24. The molecule has 54 valence electrons. The van der Waals surface area contributed by atoms with Gasteiger partial charge < -0.3 is 5.11 Å². The first kappa shape index (κ1) is 7.07. The van der Waals surface area contributed by atoms with Crippen molar-refractivity contribution in [3.05, 3.63) is 0 Å². The minimum Gasteiger partial charge on any atom is -0.393 e. The molecule has 0 aliphatic heterocycles. The highest BCUT2D eigenvalue weighted by molar-refractivity contribution is 4.86. The molecule has 2 unspecified atom stereocenters. The Morgan fingerprint density at radius 2 is 2.00 bits per heavy atom. The largest absolute Gasteiger partial charge is 0.393 e. The van der Waals surface area contributed by atoms with Gasteiger partial charge in [0.2, 0.25) is 0 Å². The van der Waals surface area contributed by atoms with Gasteiger partial charge in [-0.05, 0) is 24.2 Å². The van der Waals surface area contributed by atoms with Gasteiger partial charge in [0.1, 0.15) is 0 Å². The van der Waals surface area contributed by atoms with Crippen molar-refractivity contribution >= 4 is 0 Å². The van der Waals surface area contributed by atoms with Crippen LogP contribution in [-0.4, -0.2) is 11.2 Å². The van der Waals surface area contributed by atoms with Gasteiger partial charge in [-0.1, -0.05) is 20.8 Å². The van der Waals surface area contributed by atoms with Crippen molar-refractivity contribution in [3.63, 3.8) is 0 Å². The third kappa shape index (κ3) is 1.26. The molecule has 1 nitrogen and oxygen atoms in total. The van der Waals surface area contributed by atoms with Crippen LogP contribution in [0.1, 0.15) is 33.6 Å². The van der Waals surface area contributed by atoms with Crippen molar-refractivity contribution in [2.45, 2.75) is 39.7 Å². The van der Waals surface area contributed by atoms with Crippen LogP contribution in [-0.2, 0) is 0 Å². The number of rotatable bonds is 0. The molecule has 0 spiro atoms.